The largest absolute Gasteiger partial charge is 0.279 e. The van der Waals surface area contributed by atoms with Crippen LogP contribution >= 0.6 is 0 Å². The van der Waals surface area contributed by atoms with E-state index >= 15 is 0 Å². The average Bonchev–Trinajstić information content (AvgIpc) is 2.94. The topological polar surface area (TPSA) is 170 Å². The fraction of sp³-hybridized carbons (Fsp3) is 0.250. The minimum Gasteiger partial charge on any atom is -0.279 e. The van der Waals surface area contributed by atoms with Crippen molar-refractivity contribution in [2.75, 3.05) is 13.1 Å². The van der Waals surface area contributed by atoms with Gasteiger partial charge in [0.15, 0.2) is 0 Å². The predicted molar refractivity (Wildman–Crippen MR) is 138 cm³/mol. The van der Waals surface area contributed by atoms with Crippen molar-refractivity contribution in [2.24, 2.45) is 0 Å². The van der Waals surface area contributed by atoms with Gasteiger partial charge in [0.2, 0.25) is 10.0 Å². The number of nitro groups is 2. The van der Waals surface area contributed by atoms with E-state index in [0.29, 0.717) is 12.0 Å². The third-order valence-corrected chi connectivity index (χ3v) is 9.75. The maximum absolute atomic E-state index is 13.7. The zero-order valence-corrected chi connectivity index (χ0v) is 22.0. The molecule has 1 fully saturated rings. The molecule has 1 saturated heterocycles. The van der Waals surface area contributed by atoms with Gasteiger partial charge in [0, 0.05) is 37.4 Å². The SMILES string of the molecule is O=[N+]([O-])c1ccc(S(=O)(=O)N2CCC[C@@H](N(OCc3ccccc3)S(=O)(=O)c3ccc([N+](=O)[O-])cc3)C2)cc1. The average molecular weight is 577 g/mol. The van der Waals surface area contributed by atoms with Crippen LogP contribution in [-0.2, 0) is 31.5 Å². The molecule has 206 valence electrons. The molecule has 13 nitrogen and oxygen atoms in total. The Morgan fingerprint density at radius 2 is 1.36 bits per heavy atom. The Balaban J connectivity index is 1.64. The van der Waals surface area contributed by atoms with Crippen molar-refractivity contribution in [3.8, 4) is 0 Å². The van der Waals surface area contributed by atoms with Gasteiger partial charge >= 0.3 is 0 Å². The summed E-state index contributed by atoms with van der Waals surface area (Å²) in [5.41, 5.74) is 0.122. The number of benzene rings is 3. The number of rotatable bonds is 10. The van der Waals surface area contributed by atoms with Crippen LogP contribution in [0.4, 0.5) is 11.4 Å². The lowest BCUT2D eigenvalue weighted by atomic mass is 10.1. The highest BCUT2D eigenvalue weighted by Gasteiger charge is 2.39. The molecule has 1 atom stereocenters. The van der Waals surface area contributed by atoms with Crippen LogP contribution in [0, 0.1) is 20.2 Å². The van der Waals surface area contributed by atoms with Crippen molar-refractivity contribution in [1.82, 2.24) is 8.77 Å². The van der Waals surface area contributed by atoms with Crippen LogP contribution in [-0.4, -0.2) is 54.6 Å². The summed E-state index contributed by atoms with van der Waals surface area (Å²) in [6, 6.07) is 16.6. The van der Waals surface area contributed by atoms with E-state index in [-0.39, 0.29) is 47.3 Å². The molecule has 0 bridgehead atoms. The zero-order chi connectivity index (χ0) is 28.2. The van der Waals surface area contributed by atoms with Crippen LogP contribution in [0.2, 0.25) is 0 Å². The van der Waals surface area contributed by atoms with Gasteiger partial charge in [-0.2, -0.15) is 4.31 Å². The second-order valence-corrected chi connectivity index (χ2v) is 12.4. The Labute approximate surface area is 224 Å². The molecule has 0 aliphatic carbocycles. The van der Waals surface area contributed by atoms with Crippen LogP contribution in [0.5, 0.6) is 0 Å². The molecule has 1 aliphatic rings. The molecular formula is C24H24N4O9S2. The maximum Gasteiger partial charge on any atom is 0.269 e. The van der Waals surface area contributed by atoms with Gasteiger partial charge in [0.1, 0.15) is 0 Å². The standard InChI is InChI=1S/C24H24N4O9S2/c29-26(30)20-8-12-23(13-9-20)38(33,34)25-16-4-7-22(17-25)28(37-18-19-5-2-1-3-6-19)39(35,36)24-14-10-21(11-15-24)27(31)32/h1-3,5-6,8-15,22H,4,7,16-18H2/t22-/m1/s1. The molecule has 0 unspecified atom stereocenters. The first-order valence-corrected chi connectivity index (χ1v) is 14.6. The summed E-state index contributed by atoms with van der Waals surface area (Å²) in [6.07, 6.45) is 0.602. The van der Waals surface area contributed by atoms with Crippen LogP contribution in [0.25, 0.3) is 0 Å². The van der Waals surface area contributed by atoms with Gasteiger partial charge in [0.05, 0.1) is 32.3 Å². The summed E-state index contributed by atoms with van der Waals surface area (Å²) in [4.78, 5) is 26.1. The smallest absolute Gasteiger partial charge is 0.269 e. The van der Waals surface area contributed by atoms with Gasteiger partial charge in [-0.3, -0.25) is 25.1 Å². The van der Waals surface area contributed by atoms with Gasteiger partial charge in [-0.1, -0.05) is 34.8 Å². The highest BCUT2D eigenvalue weighted by atomic mass is 32.2. The molecule has 39 heavy (non-hydrogen) atoms. The van der Waals surface area contributed by atoms with Gasteiger partial charge in [-0.15, -0.1) is 0 Å². The molecule has 3 aromatic rings. The molecule has 0 aromatic heterocycles. The summed E-state index contributed by atoms with van der Waals surface area (Å²) in [5.74, 6) is 0. The minimum atomic E-state index is -4.37. The highest BCUT2D eigenvalue weighted by molar-refractivity contribution is 7.89. The van der Waals surface area contributed by atoms with E-state index in [2.05, 4.69) is 0 Å². The van der Waals surface area contributed by atoms with Crippen LogP contribution in [0.3, 0.4) is 0 Å². The van der Waals surface area contributed by atoms with E-state index in [1.165, 1.54) is 0 Å². The Bertz CT molecular complexity index is 1550. The van der Waals surface area contributed by atoms with E-state index < -0.39 is 35.9 Å². The molecule has 0 spiro atoms. The van der Waals surface area contributed by atoms with Gasteiger partial charge in [0.25, 0.3) is 21.4 Å². The van der Waals surface area contributed by atoms with Crippen molar-refractivity contribution >= 4 is 31.4 Å². The Hall–Kier alpha value is -3.76. The molecule has 4 rings (SSSR count). The monoisotopic (exact) mass is 576 g/mol. The summed E-state index contributed by atoms with van der Waals surface area (Å²) in [6.45, 7) is -0.251. The Morgan fingerprint density at radius 3 is 1.90 bits per heavy atom. The second-order valence-electron chi connectivity index (χ2n) is 8.68. The van der Waals surface area contributed by atoms with Crippen LogP contribution in [0.1, 0.15) is 18.4 Å². The van der Waals surface area contributed by atoms with E-state index in [1.807, 2.05) is 0 Å². The predicted octanol–water partition coefficient (Wildman–Crippen LogP) is 3.48. The number of piperidine rings is 1. The van der Waals surface area contributed by atoms with Gasteiger partial charge < -0.3 is 0 Å². The first-order valence-electron chi connectivity index (χ1n) is 11.7. The second kappa shape index (κ2) is 11.5. The normalized spacial score (nSPS) is 16.7. The Morgan fingerprint density at radius 1 is 0.821 bits per heavy atom. The lowest BCUT2D eigenvalue weighted by Crippen LogP contribution is -2.51. The Kier molecular flexibility index (Phi) is 8.36. The lowest BCUT2D eigenvalue weighted by Gasteiger charge is -2.37. The van der Waals surface area contributed by atoms with Crippen molar-refractivity contribution < 1.29 is 31.5 Å². The number of hydrogen-bond acceptors (Lipinski definition) is 9. The quantitative estimate of drug-likeness (QED) is 0.259. The third kappa shape index (κ3) is 6.29. The molecule has 0 radical (unpaired) electrons. The summed E-state index contributed by atoms with van der Waals surface area (Å²) in [7, 11) is -8.47. The van der Waals surface area contributed by atoms with Crippen molar-refractivity contribution in [2.45, 2.75) is 35.3 Å². The maximum atomic E-state index is 13.7. The number of nitro benzene ring substituents is 2. The lowest BCUT2D eigenvalue weighted by molar-refractivity contribution is -0.385. The zero-order valence-electron chi connectivity index (χ0n) is 20.4. The minimum absolute atomic E-state index is 0.111. The van der Waals surface area contributed by atoms with E-state index in [4.69, 9.17) is 4.84 Å². The molecular weight excluding hydrogens is 552 g/mol. The molecule has 1 heterocycles. The van der Waals surface area contributed by atoms with Gasteiger partial charge in [-0.25, -0.2) is 16.8 Å². The molecule has 0 saturated carbocycles. The van der Waals surface area contributed by atoms with Crippen molar-refractivity contribution in [1.29, 1.82) is 0 Å². The molecule has 15 heteroatoms. The number of sulfonamides is 2. The van der Waals surface area contributed by atoms with E-state index in [1.54, 1.807) is 30.3 Å². The third-order valence-electron chi connectivity index (χ3n) is 6.13. The molecule has 0 N–H and O–H groups in total. The van der Waals surface area contributed by atoms with E-state index in [0.717, 1.165) is 57.3 Å². The van der Waals surface area contributed by atoms with Crippen LogP contribution in [0.15, 0.2) is 88.7 Å². The van der Waals surface area contributed by atoms with Crippen molar-refractivity contribution in [3.05, 3.63) is 105 Å². The first kappa shape index (κ1) is 28.3. The number of hydrogen-bond donors (Lipinski definition) is 0. The van der Waals surface area contributed by atoms with Crippen molar-refractivity contribution in [3.63, 3.8) is 0 Å². The number of hydroxylamine groups is 1. The van der Waals surface area contributed by atoms with Crippen LogP contribution < -0.4 is 0 Å². The fourth-order valence-electron chi connectivity index (χ4n) is 4.13. The summed E-state index contributed by atoms with van der Waals surface area (Å²) < 4.78 is 55.9. The van der Waals surface area contributed by atoms with E-state index in [9.17, 15) is 37.1 Å². The molecule has 3 aromatic carbocycles. The summed E-state index contributed by atoms with van der Waals surface area (Å²) in [5, 5.41) is 22.0. The number of nitrogens with zero attached hydrogens (tertiary/aromatic N) is 4. The fourth-order valence-corrected chi connectivity index (χ4v) is 7.09. The first-order chi connectivity index (χ1) is 18.5. The highest BCUT2D eigenvalue weighted by Crippen LogP contribution is 2.29. The number of non-ortho nitro benzene ring substituents is 2. The van der Waals surface area contributed by atoms with Gasteiger partial charge in [-0.05, 0) is 42.7 Å². The molecule has 0 amide bonds. The summed E-state index contributed by atoms with van der Waals surface area (Å²) >= 11 is 0. The molecule has 1 aliphatic heterocycles.